The van der Waals surface area contributed by atoms with Gasteiger partial charge in [-0.15, -0.1) is 0 Å². The minimum atomic E-state index is -0.900. The molecule has 1 atom stereocenters. The fourth-order valence-corrected chi connectivity index (χ4v) is 4.54. The molecule has 1 aliphatic rings. The van der Waals surface area contributed by atoms with Gasteiger partial charge in [0.25, 0.3) is 11.7 Å². The van der Waals surface area contributed by atoms with E-state index >= 15 is 0 Å². The van der Waals surface area contributed by atoms with Gasteiger partial charge in [-0.25, -0.2) is 0 Å². The minimum absolute atomic E-state index is 0.0236. The van der Waals surface area contributed by atoms with Crippen LogP contribution in [0.3, 0.4) is 0 Å². The summed E-state index contributed by atoms with van der Waals surface area (Å²) in [7, 11) is 3.13. The Hall–Kier alpha value is -4.26. The fourth-order valence-electron chi connectivity index (χ4n) is 4.54. The van der Waals surface area contributed by atoms with Gasteiger partial charge in [-0.05, 0) is 78.1 Å². The number of hydrogen-bond acceptors (Lipinski definition) is 6. The van der Waals surface area contributed by atoms with Crippen molar-refractivity contribution in [3.8, 4) is 17.2 Å². The minimum Gasteiger partial charge on any atom is -0.508 e. The zero-order chi connectivity index (χ0) is 26.1. The molecule has 4 rings (SSSR count). The zero-order valence-corrected chi connectivity index (χ0v) is 20.9. The van der Waals surface area contributed by atoms with Crippen LogP contribution in [0.1, 0.15) is 48.1 Å². The van der Waals surface area contributed by atoms with Crippen molar-refractivity contribution in [3.63, 3.8) is 0 Å². The van der Waals surface area contributed by atoms with Gasteiger partial charge in [0.1, 0.15) is 23.0 Å². The van der Waals surface area contributed by atoms with E-state index in [4.69, 9.17) is 9.47 Å². The number of aryl methyl sites for hydroxylation is 1. The number of benzene rings is 3. The van der Waals surface area contributed by atoms with Crippen LogP contribution in [-0.4, -0.2) is 36.1 Å². The highest BCUT2D eigenvalue weighted by molar-refractivity contribution is 6.51. The molecule has 1 amide bonds. The van der Waals surface area contributed by atoms with Crippen LogP contribution in [0.2, 0.25) is 0 Å². The quantitative estimate of drug-likeness (QED) is 0.272. The number of aliphatic hydroxyl groups excluding tert-OH is 1. The first-order valence-corrected chi connectivity index (χ1v) is 11.6. The van der Waals surface area contributed by atoms with Crippen LogP contribution in [0.15, 0.2) is 66.2 Å². The summed E-state index contributed by atoms with van der Waals surface area (Å²) in [5.41, 5.74) is 3.05. The molecule has 186 valence electrons. The lowest BCUT2D eigenvalue weighted by atomic mass is 9.91. The maximum Gasteiger partial charge on any atom is 0.300 e. The first-order chi connectivity index (χ1) is 17.2. The average molecular weight is 488 g/mol. The molecule has 2 N–H and O–H groups in total. The van der Waals surface area contributed by atoms with Crippen LogP contribution < -0.4 is 14.4 Å². The molecule has 36 heavy (non-hydrogen) atoms. The van der Waals surface area contributed by atoms with Gasteiger partial charge in [0.15, 0.2) is 0 Å². The molecule has 3 aromatic carbocycles. The number of anilines is 1. The van der Waals surface area contributed by atoms with E-state index in [9.17, 15) is 19.8 Å². The number of Topliss-reactive ketones (excluding diaryl/α,β-unsaturated/α-hetero) is 1. The van der Waals surface area contributed by atoms with Crippen molar-refractivity contribution >= 4 is 23.1 Å². The number of carbonyl (C=O) groups excluding carboxylic acids is 2. The van der Waals surface area contributed by atoms with Gasteiger partial charge in [0, 0.05) is 11.3 Å². The number of methoxy groups -OCH3 is 2. The van der Waals surface area contributed by atoms with E-state index in [1.807, 2.05) is 32.9 Å². The number of nitrogens with zero attached hydrogens (tertiary/aromatic N) is 1. The molecule has 1 heterocycles. The Morgan fingerprint density at radius 3 is 2.14 bits per heavy atom. The lowest BCUT2D eigenvalue weighted by Crippen LogP contribution is -2.29. The lowest BCUT2D eigenvalue weighted by molar-refractivity contribution is -0.132. The monoisotopic (exact) mass is 487 g/mol. The van der Waals surface area contributed by atoms with Crippen LogP contribution >= 0.6 is 0 Å². The maximum absolute atomic E-state index is 13.4. The Labute approximate surface area is 210 Å². The highest BCUT2D eigenvalue weighted by Gasteiger charge is 2.47. The van der Waals surface area contributed by atoms with Crippen molar-refractivity contribution in [2.45, 2.75) is 32.7 Å². The Kier molecular flexibility index (Phi) is 6.75. The number of hydrogen-bond donors (Lipinski definition) is 2. The third kappa shape index (κ3) is 4.28. The molecule has 0 spiro atoms. The first-order valence-electron chi connectivity index (χ1n) is 11.6. The Morgan fingerprint density at radius 2 is 1.58 bits per heavy atom. The topological polar surface area (TPSA) is 96.3 Å². The third-order valence-electron chi connectivity index (χ3n) is 6.46. The molecule has 0 saturated carbocycles. The number of phenols is 1. The van der Waals surface area contributed by atoms with Crippen molar-refractivity contribution < 1.29 is 29.3 Å². The number of rotatable bonds is 6. The van der Waals surface area contributed by atoms with Crippen molar-refractivity contribution in [2.24, 2.45) is 0 Å². The SMILES string of the molecule is COc1ccc(N2C(=O)C(=O)/C(=C(/O)c3cc(C(C)C)c(OC)cc3C)C2c2ccc(O)cc2)cc1. The molecule has 1 aliphatic heterocycles. The van der Waals surface area contributed by atoms with E-state index in [1.165, 1.54) is 17.0 Å². The predicted octanol–water partition coefficient (Wildman–Crippen LogP) is 5.47. The van der Waals surface area contributed by atoms with E-state index in [1.54, 1.807) is 50.6 Å². The largest absolute Gasteiger partial charge is 0.508 e. The molecule has 3 aromatic rings. The zero-order valence-electron chi connectivity index (χ0n) is 20.9. The molecule has 7 heteroatoms. The van der Waals surface area contributed by atoms with E-state index in [-0.39, 0.29) is 23.0 Å². The predicted molar refractivity (Wildman–Crippen MR) is 138 cm³/mol. The molecular weight excluding hydrogens is 458 g/mol. The van der Waals surface area contributed by atoms with Gasteiger partial charge in [-0.1, -0.05) is 26.0 Å². The fraction of sp³-hybridized carbons (Fsp3) is 0.241. The van der Waals surface area contributed by atoms with Crippen molar-refractivity contribution in [1.82, 2.24) is 0 Å². The van der Waals surface area contributed by atoms with Crippen molar-refractivity contribution in [2.75, 3.05) is 19.1 Å². The van der Waals surface area contributed by atoms with Gasteiger partial charge in [0.05, 0.1) is 25.8 Å². The summed E-state index contributed by atoms with van der Waals surface area (Å²) in [6.45, 7) is 5.84. The summed E-state index contributed by atoms with van der Waals surface area (Å²) in [6, 6.07) is 15.7. The number of ketones is 1. The number of aliphatic hydroxyl groups is 1. The van der Waals surface area contributed by atoms with Crippen LogP contribution in [0, 0.1) is 6.92 Å². The second-order valence-electron chi connectivity index (χ2n) is 9.02. The standard InChI is InChI=1S/C29H29NO6/c1-16(2)22-15-23(17(3)14-24(22)36-5)27(32)25-26(18-6-10-20(31)11-7-18)30(29(34)28(25)33)19-8-12-21(35-4)13-9-19/h6-16,26,31-32H,1-5H3/b27-25+. The Morgan fingerprint density at radius 1 is 0.944 bits per heavy atom. The van der Waals surface area contributed by atoms with Crippen LogP contribution in [0.4, 0.5) is 5.69 Å². The van der Waals surface area contributed by atoms with E-state index in [0.29, 0.717) is 33.9 Å². The molecule has 0 aliphatic carbocycles. The second kappa shape index (κ2) is 9.77. The highest BCUT2D eigenvalue weighted by Crippen LogP contribution is 2.44. The molecule has 7 nitrogen and oxygen atoms in total. The summed E-state index contributed by atoms with van der Waals surface area (Å²) < 4.78 is 10.7. The van der Waals surface area contributed by atoms with E-state index < -0.39 is 17.7 Å². The van der Waals surface area contributed by atoms with Gasteiger partial charge in [-0.2, -0.15) is 0 Å². The summed E-state index contributed by atoms with van der Waals surface area (Å²) in [5.74, 6) is -0.365. The first kappa shape index (κ1) is 24.9. The number of aromatic hydroxyl groups is 1. The second-order valence-corrected chi connectivity index (χ2v) is 9.02. The number of carbonyl (C=O) groups is 2. The molecule has 0 radical (unpaired) electrons. The average Bonchev–Trinajstić information content (AvgIpc) is 3.14. The molecular formula is C29H29NO6. The summed E-state index contributed by atoms with van der Waals surface area (Å²) >= 11 is 0. The van der Waals surface area contributed by atoms with Crippen molar-refractivity contribution in [1.29, 1.82) is 0 Å². The highest BCUT2D eigenvalue weighted by atomic mass is 16.5. The molecule has 0 aromatic heterocycles. The molecule has 1 unspecified atom stereocenters. The van der Waals surface area contributed by atoms with Gasteiger partial charge in [0.2, 0.25) is 0 Å². The summed E-state index contributed by atoms with van der Waals surface area (Å²) in [6.07, 6.45) is 0. The molecule has 1 saturated heterocycles. The molecule has 0 bridgehead atoms. The van der Waals surface area contributed by atoms with E-state index in [2.05, 4.69) is 0 Å². The number of phenolic OH excluding ortho intramolecular Hbond substituents is 1. The summed E-state index contributed by atoms with van der Waals surface area (Å²) in [5, 5.41) is 21.4. The summed E-state index contributed by atoms with van der Waals surface area (Å²) in [4.78, 5) is 28.1. The number of amides is 1. The van der Waals surface area contributed by atoms with Crippen LogP contribution in [0.5, 0.6) is 17.2 Å². The molecule has 1 fully saturated rings. The Bertz CT molecular complexity index is 1340. The maximum atomic E-state index is 13.4. The number of ether oxygens (including phenoxy) is 2. The van der Waals surface area contributed by atoms with Gasteiger partial charge < -0.3 is 19.7 Å². The smallest absolute Gasteiger partial charge is 0.300 e. The third-order valence-corrected chi connectivity index (χ3v) is 6.46. The van der Waals surface area contributed by atoms with Gasteiger partial charge in [-0.3, -0.25) is 14.5 Å². The lowest BCUT2D eigenvalue weighted by Gasteiger charge is -2.26. The van der Waals surface area contributed by atoms with Crippen molar-refractivity contribution in [3.05, 3.63) is 88.5 Å². The normalized spacial score (nSPS) is 17.1. The Balaban J connectivity index is 1.96. The van der Waals surface area contributed by atoms with E-state index in [0.717, 1.165) is 5.56 Å². The van der Waals surface area contributed by atoms with Crippen LogP contribution in [-0.2, 0) is 9.59 Å². The van der Waals surface area contributed by atoms with Gasteiger partial charge >= 0.3 is 0 Å². The van der Waals surface area contributed by atoms with Crippen LogP contribution in [0.25, 0.3) is 5.76 Å².